The molecule has 0 atom stereocenters. The largest absolute Gasteiger partial charge is 0.375 e. The second-order valence-electron chi connectivity index (χ2n) is 2.67. The molecule has 0 spiro atoms. The van der Waals surface area contributed by atoms with E-state index in [0.717, 1.165) is 6.54 Å². The van der Waals surface area contributed by atoms with Crippen LogP contribution in [0.2, 0.25) is 0 Å². The highest BCUT2D eigenvalue weighted by Crippen LogP contribution is 2.08. The van der Waals surface area contributed by atoms with Crippen LogP contribution in [0.4, 0.5) is 0 Å². The molecule has 0 aromatic rings. The van der Waals surface area contributed by atoms with Crippen LogP contribution < -0.4 is 5.32 Å². The summed E-state index contributed by atoms with van der Waals surface area (Å²) in [7, 11) is 4.02. The third kappa shape index (κ3) is 1.32. The van der Waals surface area contributed by atoms with Crippen molar-refractivity contribution in [1.82, 2.24) is 10.2 Å². The van der Waals surface area contributed by atoms with Crippen LogP contribution in [0.25, 0.3) is 0 Å². The Balaban J connectivity index is 2.71. The monoisotopic (exact) mass is 138 g/mol. The Morgan fingerprint density at radius 1 is 1.50 bits per heavy atom. The van der Waals surface area contributed by atoms with Gasteiger partial charge in [-0.25, -0.2) is 0 Å². The molecule has 0 aromatic carbocycles. The van der Waals surface area contributed by atoms with Gasteiger partial charge in [0.2, 0.25) is 0 Å². The van der Waals surface area contributed by atoms with Crippen LogP contribution in [0.3, 0.4) is 0 Å². The highest BCUT2D eigenvalue weighted by Gasteiger charge is 2.05. The summed E-state index contributed by atoms with van der Waals surface area (Å²) in [5.74, 6) is 1.19. The van der Waals surface area contributed by atoms with Crippen molar-refractivity contribution in [3.63, 3.8) is 0 Å². The van der Waals surface area contributed by atoms with E-state index >= 15 is 0 Å². The van der Waals surface area contributed by atoms with Crippen molar-refractivity contribution in [3.8, 4) is 0 Å². The van der Waals surface area contributed by atoms with Gasteiger partial charge in [0, 0.05) is 20.6 Å². The summed E-state index contributed by atoms with van der Waals surface area (Å²) in [4.78, 5) is 2.19. The molecule has 0 fully saturated rings. The van der Waals surface area contributed by atoms with Gasteiger partial charge in [0.05, 0.1) is 0 Å². The minimum absolute atomic E-state index is 1.03. The van der Waals surface area contributed by atoms with E-state index in [1.165, 1.54) is 11.4 Å². The van der Waals surface area contributed by atoms with Gasteiger partial charge in [0.25, 0.3) is 0 Å². The first-order valence-electron chi connectivity index (χ1n) is 3.50. The maximum atomic E-state index is 3.12. The third-order valence-electron chi connectivity index (χ3n) is 1.68. The molecule has 56 valence electrons. The van der Waals surface area contributed by atoms with E-state index in [2.05, 4.69) is 36.3 Å². The Hall–Kier alpha value is -0.920. The molecule has 0 unspecified atom stereocenters. The number of nitrogens with zero attached hydrogens (tertiary/aromatic N) is 1. The van der Waals surface area contributed by atoms with Crippen LogP contribution in [0.5, 0.6) is 0 Å². The molecule has 1 N–H and O–H groups in total. The van der Waals surface area contributed by atoms with Crippen LogP contribution in [-0.4, -0.2) is 25.5 Å². The van der Waals surface area contributed by atoms with Crippen molar-refractivity contribution in [1.29, 1.82) is 0 Å². The fourth-order valence-corrected chi connectivity index (χ4v) is 1.13. The number of likely N-dealkylation sites (N-methyl/N-ethyl adjacent to an activating group) is 1. The number of hydrogen-bond acceptors (Lipinski definition) is 2. The van der Waals surface area contributed by atoms with Crippen LogP contribution in [0, 0.1) is 0 Å². The number of allylic oxidation sites excluding steroid dienone is 2. The second-order valence-corrected chi connectivity index (χ2v) is 2.67. The summed E-state index contributed by atoms with van der Waals surface area (Å²) in [5, 5.41) is 3.12. The normalized spacial score (nSPS) is 18.1. The molecule has 0 saturated heterocycles. The predicted molar refractivity (Wildman–Crippen MR) is 43.5 cm³/mol. The van der Waals surface area contributed by atoms with Crippen molar-refractivity contribution >= 4 is 0 Å². The Kier molecular flexibility index (Phi) is 2.00. The van der Waals surface area contributed by atoms with Gasteiger partial charge in [-0.2, -0.15) is 0 Å². The van der Waals surface area contributed by atoms with Gasteiger partial charge in [0.1, 0.15) is 5.82 Å². The second kappa shape index (κ2) is 2.78. The van der Waals surface area contributed by atoms with E-state index < -0.39 is 0 Å². The minimum atomic E-state index is 1.03. The van der Waals surface area contributed by atoms with Gasteiger partial charge in [-0.3, -0.25) is 0 Å². The molecule has 1 heterocycles. The van der Waals surface area contributed by atoms with Crippen LogP contribution in [0.1, 0.15) is 6.92 Å². The predicted octanol–water partition coefficient (Wildman–Crippen LogP) is 0.939. The van der Waals surface area contributed by atoms with E-state index in [4.69, 9.17) is 0 Å². The summed E-state index contributed by atoms with van der Waals surface area (Å²) < 4.78 is 0. The molecule has 0 aliphatic carbocycles. The van der Waals surface area contributed by atoms with E-state index in [-0.39, 0.29) is 0 Å². The van der Waals surface area contributed by atoms with Gasteiger partial charge in [-0.1, -0.05) is 11.6 Å². The lowest BCUT2D eigenvalue weighted by molar-refractivity contribution is 0.418. The summed E-state index contributed by atoms with van der Waals surface area (Å²) in [6, 6.07) is 0. The number of rotatable bonds is 1. The molecule has 10 heavy (non-hydrogen) atoms. The van der Waals surface area contributed by atoms with Gasteiger partial charge in [-0.15, -0.1) is 0 Å². The molecule has 0 aromatic heterocycles. The van der Waals surface area contributed by atoms with E-state index in [1.54, 1.807) is 0 Å². The highest BCUT2D eigenvalue weighted by molar-refractivity contribution is 5.21. The van der Waals surface area contributed by atoms with Gasteiger partial charge >= 0.3 is 0 Å². The maximum Gasteiger partial charge on any atom is 0.101 e. The minimum Gasteiger partial charge on any atom is -0.375 e. The zero-order valence-electron chi connectivity index (χ0n) is 6.81. The topological polar surface area (TPSA) is 15.3 Å². The average Bonchev–Trinajstić information content (AvgIpc) is 1.88. The van der Waals surface area contributed by atoms with Gasteiger partial charge < -0.3 is 10.2 Å². The number of nitrogens with one attached hydrogen (secondary N) is 1. The lowest BCUT2D eigenvalue weighted by Gasteiger charge is -2.25. The van der Waals surface area contributed by atoms with Crippen molar-refractivity contribution in [2.75, 3.05) is 20.6 Å². The quantitative estimate of drug-likeness (QED) is 0.580. The Bertz CT molecular complexity index is 180. The van der Waals surface area contributed by atoms with Crippen molar-refractivity contribution < 1.29 is 0 Å². The molecule has 0 radical (unpaired) electrons. The van der Waals surface area contributed by atoms with Gasteiger partial charge in [0.15, 0.2) is 0 Å². The van der Waals surface area contributed by atoms with E-state index in [1.807, 2.05) is 7.05 Å². The molecular weight excluding hydrogens is 124 g/mol. The molecule has 2 nitrogen and oxygen atoms in total. The fraction of sp³-hybridized carbons (Fsp3) is 0.500. The van der Waals surface area contributed by atoms with Crippen LogP contribution >= 0.6 is 0 Å². The first-order valence-corrected chi connectivity index (χ1v) is 3.50. The zero-order valence-corrected chi connectivity index (χ0v) is 6.81. The van der Waals surface area contributed by atoms with E-state index in [0.29, 0.717) is 0 Å². The highest BCUT2D eigenvalue weighted by atomic mass is 15.2. The average molecular weight is 138 g/mol. The molecular formula is C8H14N2. The molecule has 1 aliphatic rings. The zero-order chi connectivity index (χ0) is 7.56. The molecule has 1 aliphatic heterocycles. The van der Waals surface area contributed by atoms with Crippen molar-refractivity contribution in [2.24, 2.45) is 0 Å². The summed E-state index contributed by atoms with van der Waals surface area (Å²) >= 11 is 0. The standard InChI is InChI=1S/C8H14N2/c1-7-4-5-8(9-2)10(3)6-7/h4-5,9H,6H2,1-3H3. The van der Waals surface area contributed by atoms with Gasteiger partial charge in [-0.05, 0) is 13.0 Å². The SMILES string of the molecule is CNC1=CC=C(C)CN1C. The summed E-state index contributed by atoms with van der Waals surface area (Å²) in [6.45, 7) is 3.17. The first-order chi connectivity index (χ1) is 4.74. The lowest BCUT2D eigenvalue weighted by atomic mass is 10.2. The number of hydrogen-bond donors (Lipinski definition) is 1. The molecule has 0 bridgehead atoms. The van der Waals surface area contributed by atoms with Crippen LogP contribution in [-0.2, 0) is 0 Å². The van der Waals surface area contributed by atoms with Crippen LogP contribution in [0.15, 0.2) is 23.5 Å². The molecule has 2 heteroatoms. The third-order valence-corrected chi connectivity index (χ3v) is 1.68. The Labute approximate surface area is 62.2 Å². The Morgan fingerprint density at radius 3 is 2.70 bits per heavy atom. The first kappa shape index (κ1) is 7.19. The van der Waals surface area contributed by atoms with E-state index in [9.17, 15) is 0 Å². The Morgan fingerprint density at radius 2 is 2.20 bits per heavy atom. The van der Waals surface area contributed by atoms with Crippen molar-refractivity contribution in [2.45, 2.75) is 6.92 Å². The molecule has 0 saturated carbocycles. The summed E-state index contributed by atoms with van der Waals surface area (Å²) in [5.41, 5.74) is 1.40. The molecule has 1 rings (SSSR count). The fourth-order valence-electron chi connectivity index (χ4n) is 1.13. The smallest absolute Gasteiger partial charge is 0.101 e. The molecule has 0 amide bonds. The lowest BCUT2D eigenvalue weighted by Crippen LogP contribution is -2.29. The summed E-state index contributed by atoms with van der Waals surface area (Å²) in [6.07, 6.45) is 4.24. The maximum absolute atomic E-state index is 3.12. The van der Waals surface area contributed by atoms with Crippen molar-refractivity contribution in [3.05, 3.63) is 23.5 Å².